The Bertz CT molecular complexity index is 192. The smallest absolute Gasteiger partial charge is 0.308 e. The number of carboxylic acid groups (broad SMARTS) is 2. The molecule has 0 heterocycles. The fourth-order valence-corrected chi connectivity index (χ4v) is 0.399. The molecule has 0 aromatic heterocycles. The van der Waals surface area contributed by atoms with Gasteiger partial charge < -0.3 is 20.1 Å². The van der Waals surface area contributed by atoms with E-state index in [-0.39, 0.29) is 34.0 Å². The molecule has 0 aromatic rings. The molecule has 6 nitrogen and oxygen atoms in total. The lowest BCUT2D eigenvalue weighted by molar-refractivity contribution is -0.143. The third-order valence-corrected chi connectivity index (χ3v) is 1.53. The molecule has 0 aromatic carbocycles. The molecule has 0 radical (unpaired) electrons. The summed E-state index contributed by atoms with van der Waals surface area (Å²) < 4.78 is 4.58. The number of carboxylic acids is 2. The fourth-order valence-electron chi connectivity index (χ4n) is 0.399. The van der Waals surface area contributed by atoms with E-state index in [9.17, 15) is 9.59 Å². The molecular formula is C11H26O6. The van der Waals surface area contributed by atoms with Crippen LogP contribution in [0, 0.1) is 11.8 Å². The van der Waals surface area contributed by atoms with Crippen molar-refractivity contribution in [2.45, 2.75) is 28.7 Å². The van der Waals surface area contributed by atoms with Crippen molar-refractivity contribution in [3.05, 3.63) is 0 Å². The van der Waals surface area contributed by atoms with Gasteiger partial charge in [-0.2, -0.15) is 0 Å². The SMILES string of the molecule is C.C.COC[C@@H](C)C(=O)O.C[C@H](CO)C(=O)O. The highest BCUT2D eigenvalue weighted by Gasteiger charge is 2.08. The summed E-state index contributed by atoms with van der Waals surface area (Å²) in [6, 6.07) is 0. The molecule has 2 atom stereocenters. The molecule has 0 saturated heterocycles. The Morgan fingerprint density at radius 3 is 1.47 bits per heavy atom. The van der Waals surface area contributed by atoms with Crippen LogP contribution in [0.3, 0.4) is 0 Å². The van der Waals surface area contributed by atoms with Crippen LogP contribution in [-0.4, -0.2) is 47.6 Å². The largest absolute Gasteiger partial charge is 0.481 e. The van der Waals surface area contributed by atoms with Crippen molar-refractivity contribution in [2.75, 3.05) is 20.3 Å². The first-order valence-electron chi connectivity index (χ1n) is 4.42. The normalized spacial score (nSPS) is 11.8. The Kier molecular flexibility index (Phi) is 21.8. The zero-order valence-corrected chi connectivity index (χ0v) is 9.14. The molecule has 0 aliphatic heterocycles. The lowest BCUT2D eigenvalue weighted by Crippen LogP contribution is -2.14. The van der Waals surface area contributed by atoms with Crippen LogP contribution >= 0.6 is 0 Å². The molecular weight excluding hydrogens is 228 g/mol. The second-order valence-corrected chi connectivity index (χ2v) is 3.12. The summed E-state index contributed by atoms with van der Waals surface area (Å²) in [5, 5.41) is 24.4. The van der Waals surface area contributed by atoms with E-state index < -0.39 is 17.9 Å². The van der Waals surface area contributed by atoms with E-state index in [2.05, 4.69) is 4.74 Å². The molecule has 0 aliphatic rings. The predicted molar refractivity (Wildman–Crippen MR) is 66.0 cm³/mol. The van der Waals surface area contributed by atoms with E-state index in [1.165, 1.54) is 14.0 Å². The van der Waals surface area contributed by atoms with Crippen molar-refractivity contribution in [1.82, 2.24) is 0 Å². The van der Waals surface area contributed by atoms with Gasteiger partial charge in [0.1, 0.15) is 0 Å². The van der Waals surface area contributed by atoms with Gasteiger partial charge in [0, 0.05) is 7.11 Å². The quantitative estimate of drug-likeness (QED) is 0.683. The third kappa shape index (κ3) is 17.5. The van der Waals surface area contributed by atoms with Crippen LogP contribution in [0.15, 0.2) is 0 Å². The molecule has 0 spiro atoms. The molecule has 6 heteroatoms. The van der Waals surface area contributed by atoms with Crippen molar-refractivity contribution in [1.29, 1.82) is 0 Å². The summed E-state index contributed by atoms with van der Waals surface area (Å²) in [7, 11) is 1.49. The highest BCUT2D eigenvalue weighted by molar-refractivity contribution is 5.69. The van der Waals surface area contributed by atoms with Crippen LogP contribution in [0.2, 0.25) is 0 Å². The fraction of sp³-hybridized carbons (Fsp3) is 0.818. The Labute approximate surface area is 103 Å². The Morgan fingerprint density at radius 1 is 1.06 bits per heavy atom. The average molecular weight is 254 g/mol. The molecule has 0 rings (SSSR count). The van der Waals surface area contributed by atoms with Crippen LogP contribution < -0.4 is 0 Å². The van der Waals surface area contributed by atoms with Gasteiger partial charge in [-0.05, 0) is 13.8 Å². The number of carbonyl (C=O) groups is 2. The molecule has 0 amide bonds. The van der Waals surface area contributed by atoms with E-state index in [4.69, 9.17) is 15.3 Å². The second-order valence-electron chi connectivity index (χ2n) is 3.12. The standard InChI is InChI=1S/C5H10O3.C4H8O3.2CH4/c1-4(3-8-2)5(6)7;1-3(2-5)4(6)7;;/h4H,3H2,1-2H3,(H,6,7);3,5H,2H2,1H3,(H,6,7);2*1H4/t4-;3-;;/m11../s1. The van der Waals surface area contributed by atoms with Crippen LogP contribution in [0.25, 0.3) is 0 Å². The minimum absolute atomic E-state index is 0. The first kappa shape index (κ1) is 24.9. The van der Waals surface area contributed by atoms with Crippen molar-refractivity contribution in [3.63, 3.8) is 0 Å². The molecule has 106 valence electrons. The van der Waals surface area contributed by atoms with Crippen LogP contribution in [0.1, 0.15) is 28.7 Å². The van der Waals surface area contributed by atoms with E-state index in [0.29, 0.717) is 0 Å². The van der Waals surface area contributed by atoms with E-state index in [1.54, 1.807) is 6.92 Å². The maximum absolute atomic E-state index is 10.0. The minimum atomic E-state index is -0.956. The van der Waals surface area contributed by atoms with Gasteiger partial charge in [0.2, 0.25) is 0 Å². The van der Waals surface area contributed by atoms with Gasteiger partial charge >= 0.3 is 11.9 Å². The molecule has 0 aliphatic carbocycles. The number of aliphatic carboxylic acids is 2. The zero-order valence-electron chi connectivity index (χ0n) is 9.14. The Hall–Kier alpha value is -1.14. The maximum atomic E-state index is 10.0. The minimum Gasteiger partial charge on any atom is -0.481 e. The summed E-state index contributed by atoms with van der Waals surface area (Å²) in [6.07, 6.45) is 0. The maximum Gasteiger partial charge on any atom is 0.308 e. The first-order valence-corrected chi connectivity index (χ1v) is 4.42. The summed E-state index contributed by atoms with van der Waals surface area (Å²) in [5.74, 6) is -2.78. The number of ether oxygens (including phenoxy) is 1. The lowest BCUT2D eigenvalue weighted by Gasteiger charge is -2.01. The number of methoxy groups -OCH3 is 1. The summed E-state index contributed by atoms with van der Waals surface area (Å²) in [6.45, 7) is 3.05. The first-order chi connectivity index (χ1) is 6.86. The van der Waals surface area contributed by atoms with Crippen molar-refractivity contribution < 1.29 is 29.6 Å². The number of hydrogen-bond donors (Lipinski definition) is 3. The number of aliphatic hydroxyl groups is 1. The number of rotatable bonds is 5. The topological polar surface area (TPSA) is 104 Å². The Morgan fingerprint density at radius 2 is 1.41 bits per heavy atom. The molecule has 0 fully saturated rings. The highest BCUT2D eigenvalue weighted by atomic mass is 16.5. The van der Waals surface area contributed by atoms with Crippen LogP contribution in [0.5, 0.6) is 0 Å². The van der Waals surface area contributed by atoms with Crippen LogP contribution in [-0.2, 0) is 14.3 Å². The lowest BCUT2D eigenvalue weighted by atomic mass is 10.2. The van der Waals surface area contributed by atoms with Gasteiger partial charge in [0.05, 0.1) is 25.0 Å². The number of hydrogen-bond acceptors (Lipinski definition) is 4. The Balaban J connectivity index is -0.0000000896. The number of aliphatic hydroxyl groups excluding tert-OH is 1. The highest BCUT2D eigenvalue weighted by Crippen LogP contribution is 1.92. The second kappa shape index (κ2) is 14.9. The molecule has 3 N–H and O–H groups in total. The zero-order chi connectivity index (χ0) is 12.4. The van der Waals surface area contributed by atoms with E-state index in [0.717, 1.165) is 0 Å². The summed E-state index contributed by atoms with van der Waals surface area (Å²) in [4.78, 5) is 19.8. The van der Waals surface area contributed by atoms with Crippen molar-refractivity contribution in [2.24, 2.45) is 11.8 Å². The molecule has 0 saturated carbocycles. The summed E-state index contributed by atoms with van der Waals surface area (Å²) >= 11 is 0. The van der Waals surface area contributed by atoms with E-state index >= 15 is 0 Å². The molecule has 0 unspecified atom stereocenters. The van der Waals surface area contributed by atoms with E-state index in [1.807, 2.05) is 0 Å². The predicted octanol–water partition coefficient (Wildman–Crippen LogP) is 1.33. The average Bonchev–Trinajstić information content (AvgIpc) is 2.17. The van der Waals surface area contributed by atoms with Gasteiger partial charge in [-0.3, -0.25) is 9.59 Å². The van der Waals surface area contributed by atoms with Crippen molar-refractivity contribution in [3.8, 4) is 0 Å². The monoisotopic (exact) mass is 254 g/mol. The molecule has 0 bridgehead atoms. The third-order valence-electron chi connectivity index (χ3n) is 1.53. The van der Waals surface area contributed by atoms with Crippen LogP contribution in [0.4, 0.5) is 0 Å². The van der Waals surface area contributed by atoms with Gasteiger partial charge in [-0.15, -0.1) is 0 Å². The van der Waals surface area contributed by atoms with Gasteiger partial charge in [0.15, 0.2) is 0 Å². The molecule has 17 heavy (non-hydrogen) atoms. The summed E-state index contributed by atoms with van der Waals surface area (Å²) in [5.41, 5.74) is 0. The van der Waals surface area contributed by atoms with Gasteiger partial charge in [-0.25, -0.2) is 0 Å². The van der Waals surface area contributed by atoms with Gasteiger partial charge in [0.25, 0.3) is 0 Å². The van der Waals surface area contributed by atoms with Gasteiger partial charge in [-0.1, -0.05) is 14.9 Å². The van der Waals surface area contributed by atoms with Crippen molar-refractivity contribution >= 4 is 11.9 Å².